The first-order valence-electron chi connectivity index (χ1n) is 6.82. The quantitative estimate of drug-likeness (QED) is 0.466. The highest BCUT2D eigenvalue weighted by Crippen LogP contribution is 2.32. The highest BCUT2D eigenvalue weighted by Gasteiger charge is 2.19. The van der Waals surface area contributed by atoms with E-state index in [1.54, 1.807) is 0 Å². The van der Waals surface area contributed by atoms with Gasteiger partial charge >= 0.3 is 0 Å². The van der Waals surface area contributed by atoms with Gasteiger partial charge < -0.3 is 11.1 Å². The van der Waals surface area contributed by atoms with E-state index in [1.165, 1.54) is 24.8 Å². The molecule has 1 aromatic rings. The van der Waals surface area contributed by atoms with Gasteiger partial charge in [0.25, 0.3) is 0 Å². The molecule has 1 aliphatic carbocycles. The molecule has 1 aromatic carbocycles. The third-order valence-electron chi connectivity index (χ3n) is 3.34. The summed E-state index contributed by atoms with van der Waals surface area (Å²) in [5.41, 5.74) is 8.21. The predicted octanol–water partition coefficient (Wildman–Crippen LogP) is 3.95. The van der Waals surface area contributed by atoms with Crippen molar-refractivity contribution in [3.05, 3.63) is 29.8 Å². The largest absolute Gasteiger partial charge is 0.370 e. The van der Waals surface area contributed by atoms with Gasteiger partial charge in [-0.15, -0.1) is 24.0 Å². The Morgan fingerprint density at radius 2 is 2.16 bits per heavy atom. The minimum Gasteiger partial charge on any atom is -0.370 e. The van der Waals surface area contributed by atoms with Crippen molar-refractivity contribution in [2.75, 3.05) is 11.9 Å². The Morgan fingerprint density at radius 3 is 2.79 bits per heavy atom. The molecule has 19 heavy (non-hydrogen) atoms. The number of aliphatic imine (C=N–C) groups is 1. The predicted molar refractivity (Wildman–Crippen MR) is 93.4 cm³/mol. The van der Waals surface area contributed by atoms with Crippen molar-refractivity contribution >= 4 is 35.6 Å². The van der Waals surface area contributed by atoms with Gasteiger partial charge in [0.15, 0.2) is 5.96 Å². The number of nitrogens with two attached hydrogens (primary N) is 1. The third kappa shape index (κ3) is 5.80. The van der Waals surface area contributed by atoms with Gasteiger partial charge in [-0.05, 0) is 36.0 Å². The maximum atomic E-state index is 5.88. The zero-order valence-corrected chi connectivity index (χ0v) is 14.1. The molecule has 4 heteroatoms. The van der Waals surface area contributed by atoms with Gasteiger partial charge in [-0.25, -0.2) is 0 Å². The molecule has 0 amide bonds. The molecule has 0 aromatic heterocycles. The lowest BCUT2D eigenvalue weighted by atomic mass is 10.0. The van der Waals surface area contributed by atoms with E-state index in [2.05, 4.69) is 42.4 Å². The minimum atomic E-state index is 0. The van der Waals surface area contributed by atoms with Crippen molar-refractivity contribution < 1.29 is 0 Å². The van der Waals surface area contributed by atoms with Crippen LogP contribution in [0.2, 0.25) is 0 Å². The Kier molecular flexibility index (Phi) is 6.62. The third-order valence-corrected chi connectivity index (χ3v) is 3.34. The molecule has 3 N–H and O–H groups in total. The van der Waals surface area contributed by atoms with Crippen molar-refractivity contribution in [1.82, 2.24) is 0 Å². The molecule has 0 radical (unpaired) electrons. The van der Waals surface area contributed by atoms with Crippen LogP contribution in [-0.2, 0) is 0 Å². The number of hydrogen-bond acceptors (Lipinski definition) is 1. The molecule has 0 aliphatic heterocycles. The summed E-state index contributed by atoms with van der Waals surface area (Å²) in [6, 6.07) is 8.34. The standard InChI is InChI=1S/C15H23N3.HI/c1-11(2)13-4-3-5-14(10-13)18-15(16)17-9-8-12-6-7-12;/h3-5,10-12H,6-9H2,1-2H3,(H3,16,17,18);1H. The van der Waals surface area contributed by atoms with E-state index >= 15 is 0 Å². The topological polar surface area (TPSA) is 50.4 Å². The van der Waals surface area contributed by atoms with Crippen molar-refractivity contribution in [2.24, 2.45) is 16.6 Å². The molecular weight excluding hydrogens is 349 g/mol. The van der Waals surface area contributed by atoms with Crippen LogP contribution in [0.4, 0.5) is 5.69 Å². The fourth-order valence-electron chi connectivity index (χ4n) is 1.94. The molecule has 0 unspecified atom stereocenters. The van der Waals surface area contributed by atoms with Crippen molar-refractivity contribution in [1.29, 1.82) is 0 Å². The summed E-state index contributed by atoms with van der Waals surface area (Å²) in [4.78, 5) is 4.36. The number of guanidine groups is 1. The molecule has 0 heterocycles. The van der Waals surface area contributed by atoms with Crippen LogP contribution in [0.25, 0.3) is 0 Å². The fourth-order valence-corrected chi connectivity index (χ4v) is 1.94. The number of nitrogens with one attached hydrogen (secondary N) is 1. The van der Waals surface area contributed by atoms with Gasteiger partial charge in [-0.1, -0.05) is 38.8 Å². The normalized spacial score (nSPS) is 15.2. The summed E-state index contributed by atoms with van der Waals surface area (Å²) in [6.45, 7) is 5.21. The summed E-state index contributed by atoms with van der Waals surface area (Å²) in [6.07, 6.45) is 3.92. The Bertz CT molecular complexity index is 425. The van der Waals surface area contributed by atoms with E-state index < -0.39 is 0 Å². The second-order valence-electron chi connectivity index (χ2n) is 5.40. The Hall–Kier alpha value is -0.780. The average Bonchev–Trinajstić information content (AvgIpc) is 3.13. The first-order chi connectivity index (χ1) is 8.65. The SMILES string of the molecule is CC(C)c1cccc(NC(N)=NCCC2CC2)c1.I. The molecule has 1 fully saturated rings. The maximum absolute atomic E-state index is 5.88. The monoisotopic (exact) mass is 373 g/mol. The number of rotatable bonds is 5. The maximum Gasteiger partial charge on any atom is 0.193 e. The molecule has 0 saturated heterocycles. The molecule has 3 nitrogen and oxygen atoms in total. The van der Waals surface area contributed by atoms with E-state index in [9.17, 15) is 0 Å². The van der Waals surface area contributed by atoms with Gasteiger partial charge in [0, 0.05) is 12.2 Å². The van der Waals surface area contributed by atoms with E-state index in [0.717, 1.165) is 18.2 Å². The van der Waals surface area contributed by atoms with E-state index in [0.29, 0.717) is 11.9 Å². The van der Waals surface area contributed by atoms with Gasteiger partial charge in [0.2, 0.25) is 0 Å². The summed E-state index contributed by atoms with van der Waals surface area (Å²) < 4.78 is 0. The summed E-state index contributed by atoms with van der Waals surface area (Å²) in [5.74, 6) is 1.96. The van der Waals surface area contributed by atoms with Crippen LogP contribution in [0.3, 0.4) is 0 Å². The average molecular weight is 373 g/mol. The molecule has 0 atom stereocenters. The van der Waals surface area contributed by atoms with Gasteiger partial charge in [-0.2, -0.15) is 0 Å². The smallest absolute Gasteiger partial charge is 0.193 e. The van der Waals surface area contributed by atoms with Crippen molar-refractivity contribution in [3.63, 3.8) is 0 Å². The highest BCUT2D eigenvalue weighted by molar-refractivity contribution is 14.0. The number of halogens is 1. The van der Waals surface area contributed by atoms with Crippen LogP contribution in [0.1, 0.15) is 44.6 Å². The second kappa shape index (κ2) is 7.72. The highest BCUT2D eigenvalue weighted by atomic mass is 127. The summed E-state index contributed by atoms with van der Waals surface area (Å²) in [7, 11) is 0. The lowest BCUT2D eigenvalue weighted by Gasteiger charge is -2.09. The van der Waals surface area contributed by atoms with Crippen LogP contribution >= 0.6 is 24.0 Å². The molecule has 106 valence electrons. The van der Waals surface area contributed by atoms with E-state index in [4.69, 9.17) is 5.73 Å². The zero-order chi connectivity index (χ0) is 13.0. The van der Waals surface area contributed by atoms with Crippen LogP contribution in [0, 0.1) is 5.92 Å². The Morgan fingerprint density at radius 1 is 1.42 bits per heavy atom. The van der Waals surface area contributed by atoms with Gasteiger partial charge in [-0.3, -0.25) is 4.99 Å². The Labute approximate surface area is 133 Å². The van der Waals surface area contributed by atoms with Crippen LogP contribution < -0.4 is 11.1 Å². The van der Waals surface area contributed by atoms with E-state index in [-0.39, 0.29) is 24.0 Å². The number of benzene rings is 1. The zero-order valence-electron chi connectivity index (χ0n) is 11.7. The fraction of sp³-hybridized carbons (Fsp3) is 0.533. The second-order valence-corrected chi connectivity index (χ2v) is 5.40. The van der Waals surface area contributed by atoms with Crippen LogP contribution in [0.15, 0.2) is 29.3 Å². The van der Waals surface area contributed by atoms with Crippen LogP contribution in [0.5, 0.6) is 0 Å². The Balaban J connectivity index is 0.00000180. The molecule has 1 aliphatic rings. The lowest BCUT2D eigenvalue weighted by molar-refractivity contribution is 0.739. The number of nitrogens with zero attached hydrogens (tertiary/aromatic N) is 1. The van der Waals surface area contributed by atoms with E-state index in [1.807, 2.05) is 6.07 Å². The first kappa shape index (κ1) is 16.3. The van der Waals surface area contributed by atoms with Crippen molar-refractivity contribution in [2.45, 2.75) is 39.0 Å². The number of hydrogen-bond donors (Lipinski definition) is 2. The molecule has 2 rings (SSSR count). The van der Waals surface area contributed by atoms with Gasteiger partial charge in [0.1, 0.15) is 0 Å². The summed E-state index contributed by atoms with van der Waals surface area (Å²) in [5, 5.41) is 3.16. The first-order valence-corrected chi connectivity index (χ1v) is 6.82. The molecule has 0 bridgehead atoms. The number of anilines is 1. The molecule has 1 saturated carbocycles. The molecular formula is C15H24IN3. The van der Waals surface area contributed by atoms with Gasteiger partial charge in [0.05, 0.1) is 0 Å². The molecule has 0 spiro atoms. The minimum absolute atomic E-state index is 0. The summed E-state index contributed by atoms with van der Waals surface area (Å²) >= 11 is 0. The lowest BCUT2D eigenvalue weighted by Crippen LogP contribution is -2.23. The van der Waals surface area contributed by atoms with Crippen LogP contribution in [-0.4, -0.2) is 12.5 Å². The van der Waals surface area contributed by atoms with Crippen molar-refractivity contribution in [3.8, 4) is 0 Å².